The van der Waals surface area contributed by atoms with E-state index in [0.717, 1.165) is 26.2 Å². The zero-order valence-corrected chi connectivity index (χ0v) is 12.3. The minimum atomic E-state index is 0.460. The van der Waals surface area contributed by atoms with Gasteiger partial charge in [0.25, 0.3) is 0 Å². The Bertz CT molecular complexity index is 372. The minimum absolute atomic E-state index is 0.460. The predicted molar refractivity (Wildman–Crippen MR) is 81.4 cm³/mol. The van der Waals surface area contributed by atoms with Crippen molar-refractivity contribution in [1.82, 2.24) is 16.0 Å². The molecule has 3 aliphatic heterocycles. The van der Waals surface area contributed by atoms with Gasteiger partial charge in [0.15, 0.2) is 0 Å². The number of dihydropyridines is 1. The van der Waals surface area contributed by atoms with Crippen LogP contribution >= 0.6 is 0 Å². The number of allylic oxidation sites excluding steroid dienone is 2. The maximum atomic E-state index is 5.86. The monoisotopic (exact) mass is 277 g/mol. The molecule has 1 saturated heterocycles. The molecule has 0 aliphatic carbocycles. The van der Waals surface area contributed by atoms with Crippen LogP contribution in [-0.2, 0) is 4.74 Å². The number of ether oxygens (including phenoxy) is 1. The second-order valence-corrected chi connectivity index (χ2v) is 6.02. The van der Waals surface area contributed by atoms with E-state index in [0.29, 0.717) is 12.1 Å². The molecule has 3 aliphatic rings. The molecule has 4 heteroatoms. The van der Waals surface area contributed by atoms with Crippen LogP contribution in [0.4, 0.5) is 0 Å². The number of unbranched alkanes of at least 4 members (excludes halogenated alkanes) is 1. The van der Waals surface area contributed by atoms with E-state index in [9.17, 15) is 0 Å². The molecular weight excluding hydrogens is 250 g/mol. The predicted octanol–water partition coefficient (Wildman–Crippen LogP) is 1.66. The second-order valence-electron chi connectivity index (χ2n) is 6.02. The highest BCUT2D eigenvalue weighted by atomic mass is 16.5. The Kier molecular flexibility index (Phi) is 4.98. The van der Waals surface area contributed by atoms with Crippen LogP contribution in [0.5, 0.6) is 0 Å². The molecule has 3 N–H and O–H groups in total. The van der Waals surface area contributed by atoms with Crippen molar-refractivity contribution in [2.45, 2.75) is 50.7 Å². The summed E-state index contributed by atoms with van der Waals surface area (Å²) in [7, 11) is 0. The summed E-state index contributed by atoms with van der Waals surface area (Å²) in [5, 5.41) is 10.4. The molecule has 0 unspecified atom stereocenters. The second kappa shape index (κ2) is 7.14. The Labute approximate surface area is 122 Å². The maximum absolute atomic E-state index is 5.86. The molecule has 2 atom stereocenters. The van der Waals surface area contributed by atoms with Crippen LogP contribution in [0.2, 0.25) is 0 Å². The van der Waals surface area contributed by atoms with E-state index in [4.69, 9.17) is 4.74 Å². The summed E-state index contributed by atoms with van der Waals surface area (Å²) in [5.74, 6) is 1.28. The topological polar surface area (TPSA) is 45.3 Å². The molecule has 0 aromatic rings. The van der Waals surface area contributed by atoms with Crippen LogP contribution in [0.1, 0.15) is 38.5 Å². The Hall–Kier alpha value is -1.00. The van der Waals surface area contributed by atoms with Crippen LogP contribution < -0.4 is 16.0 Å². The van der Waals surface area contributed by atoms with E-state index in [2.05, 4.69) is 28.1 Å². The summed E-state index contributed by atoms with van der Waals surface area (Å²) in [6.07, 6.45) is 12.3. The van der Waals surface area contributed by atoms with E-state index in [1.165, 1.54) is 49.9 Å². The molecule has 112 valence electrons. The average molecular weight is 277 g/mol. The third kappa shape index (κ3) is 3.76. The average Bonchev–Trinajstić information content (AvgIpc) is 3.00. The van der Waals surface area contributed by atoms with Crippen LogP contribution in [0.15, 0.2) is 23.5 Å². The van der Waals surface area contributed by atoms with E-state index >= 15 is 0 Å². The van der Waals surface area contributed by atoms with Gasteiger partial charge in [0.05, 0.1) is 6.10 Å². The van der Waals surface area contributed by atoms with Gasteiger partial charge in [0.2, 0.25) is 0 Å². The van der Waals surface area contributed by atoms with Gasteiger partial charge >= 0.3 is 0 Å². The highest BCUT2D eigenvalue weighted by Gasteiger charge is 2.17. The van der Waals surface area contributed by atoms with Crippen molar-refractivity contribution in [3.05, 3.63) is 23.5 Å². The van der Waals surface area contributed by atoms with Crippen molar-refractivity contribution < 1.29 is 4.74 Å². The molecule has 0 amide bonds. The number of hydrogen-bond donors (Lipinski definition) is 3. The van der Waals surface area contributed by atoms with Crippen molar-refractivity contribution in [3.8, 4) is 0 Å². The Morgan fingerprint density at radius 3 is 3.15 bits per heavy atom. The number of rotatable bonds is 6. The standard InChI is InChI=1S/C16H27N3O/c1(2-11-20-15-8-10-17-12-15)5-14-7-6-13-4-3-9-18-16(13)19-14/h6-7,14-15,17-19H,1-5,8-12H2/t14-,15+/m0/s1. The minimum Gasteiger partial charge on any atom is -0.377 e. The molecule has 3 rings (SSSR count). The van der Waals surface area contributed by atoms with Gasteiger partial charge in [0.1, 0.15) is 5.82 Å². The highest BCUT2D eigenvalue weighted by molar-refractivity contribution is 5.31. The highest BCUT2D eigenvalue weighted by Crippen LogP contribution is 2.20. The van der Waals surface area contributed by atoms with Gasteiger partial charge in [-0.25, -0.2) is 0 Å². The van der Waals surface area contributed by atoms with Gasteiger partial charge in [-0.15, -0.1) is 0 Å². The van der Waals surface area contributed by atoms with Crippen molar-refractivity contribution in [3.63, 3.8) is 0 Å². The molecule has 0 aromatic heterocycles. The molecule has 0 spiro atoms. The van der Waals surface area contributed by atoms with Crippen LogP contribution in [-0.4, -0.2) is 38.4 Å². The SMILES string of the molecule is C1=C[C@H](CCCCO[C@@H]2CCNC2)NC2=C1CCCN2. The Morgan fingerprint density at radius 2 is 2.25 bits per heavy atom. The van der Waals surface area contributed by atoms with E-state index in [-0.39, 0.29) is 0 Å². The molecule has 0 aromatic carbocycles. The lowest BCUT2D eigenvalue weighted by Crippen LogP contribution is -2.39. The summed E-state index contributed by atoms with van der Waals surface area (Å²) in [5.41, 5.74) is 1.45. The van der Waals surface area contributed by atoms with E-state index in [1.54, 1.807) is 0 Å². The van der Waals surface area contributed by atoms with E-state index in [1.807, 2.05) is 0 Å². The third-order valence-corrected chi connectivity index (χ3v) is 4.38. The Balaban J connectivity index is 1.30. The maximum Gasteiger partial charge on any atom is 0.102 e. The molecule has 3 heterocycles. The van der Waals surface area contributed by atoms with E-state index < -0.39 is 0 Å². The van der Waals surface area contributed by atoms with Crippen molar-refractivity contribution in [2.24, 2.45) is 0 Å². The fourth-order valence-corrected chi connectivity index (χ4v) is 3.16. The lowest BCUT2D eigenvalue weighted by molar-refractivity contribution is 0.0640. The summed E-state index contributed by atoms with van der Waals surface area (Å²) in [4.78, 5) is 0. The molecule has 20 heavy (non-hydrogen) atoms. The van der Waals surface area contributed by atoms with Gasteiger partial charge in [-0.2, -0.15) is 0 Å². The molecule has 4 nitrogen and oxygen atoms in total. The van der Waals surface area contributed by atoms with Gasteiger partial charge in [-0.3, -0.25) is 0 Å². The van der Waals surface area contributed by atoms with Crippen LogP contribution in [0.3, 0.4) is 0 Å². The van der Waals surface area contributed by atoms with Crippen molar-refractivity contribution in [1.29, 1.82) is 0 Å². The summed E-state index contributed by atoms with van der Waals surface area (Å²) < 4.78 is 5.86. The third-order valence-electron chi connectivity index (χ3n) is 4.38. The lowest BCUT2D eigenvalue weighted by atomic mass is 9.99. The first-order valence-electron chi connectivity index (χ1n) is 8.16. The summed E-state index contributed by atoms with van der Waals surface area (Å²) in [6, 6.07) is 0.493. The Morgan fingerprint density at radius 1 is 1.25 bits per heavy atom. The zero-order valence-electron chi connectivity index (χ0n) is 12.3. The first-order chi connectivity index (χ1) is 9.92. The molecule has 1 fully saturated rings. The van der Waals surface area contributed by atoms with Crippen molar-refractivity contribution >= 4 is 0 Å². The fourth-order valence-electron chi connectivity index (χ4n) is 3.16. The van der Waals surface area contributed by atoms with Crippen LogP contribution in [0.25, 0.3) is 0 Å². The normalized spacial score (nSPS) is 29.0. The van der Waals surface area contributed by atoms with Gasteiger partial charge < -0.3 is 20.7 Å². The zero-order chi connectivity index (χ0) is 13.6. The largest absolute Gasteiger partial charge is 0.377 e. The van der Waals surface area contributed by atoms with Gasteiger partial charge in [0, 0.05) is 25.7 Å². The molecule has 0 bridgehead atoms. The van der Waals surface area contributed by atoms with Crippen LogP contribution in [0, 0.1) is 0 Å². The van der Waals surface area contributed by atoms with Gasteiger partial charge in [-0.1, -0.05) is 12.2 Å². The molecule has 0 saturated carbocycles. The number of nitrogens with one attached hydrogen (secondary N) is 3. The lowest BCUT2D eigenvalue weighted by Gasteiger charge is -2.29. The quantitative estimate of drug-likeness (QED) is 0.646. The van der Waals surface area contributed by atoms with Crippen molar-refractivity contribution in [2.75, 3.05) is 26.2 Å². The molecule has 0 radical (unpaired) electrons. The summed E-state index contributed by atoms with van der Waals surface area (Å²) in [6.45, 7) is 4.17. The molecular formula is C16H27N3O. The smallest absolute Gasteiger partial charge is 0.102 e. The first-order valence-corrected chi connectivity index (χ1v) is 8.16. The van der Waals surface area contributed by atoms with Gasteiger partial charge in [-0.05, 0) is 50.6 Å². The first kappa shape index (κ1) is 14.0. The fraction of sp³-hybridized carbons (Fsp3) is 0.750. The summed E-state index contributed by atoms with van der Waals surface area (Å²) >= 11 is 0. The number of hydrogen-bond acceptors (Lipinski definition) is 4.